The molecule has 2 amide bonds. The van der Waals surface area contributed by atoms with Crippen LogP contribution in [0.1, 0.15) is 48.2 Å². The first-order valence-electron chi connectivity index (χ1n) is 12.9. The lowest BCUT2D eigenvalue weighted by molar-refractivity contribution is -0.161. The first-order valence-corrected chi connectivity index (χ1v) is 12.9. The van der Waals surface area contributed by atoms with Gasteiger partial charge in [0.2, 0.25) is 11.8 Å². The van der Waals surface area contributed by atoms with Crippen LogP contribution in [-0.2, 0) is 27.2 Å². The van der Waals surface area contributed by atoms with Crippen LogP contribution in [0.2, 0.25) is 0 Å². The Hall–Kier alpha value is -3.65. The Balaban J connectivity index is 1.53. The zero-order valence-electron chi connectivity index (χ0n) is 21.8. The minimum atomic E-state index is -0.693. The van der Waals surface area contributed by atoms with Gasteiger partial charge in [-0.3, -0.25) is 9.59 Å². The molecule has 0 saturated carbocycles. The van der Waals surface area contributed by atoms with E-state index in [0.717, 1.165) is 34.6 Å². The summed E-state index contributed by atoms with van der Waals surface area (Å²) in [5.74, 6) is 0.467. The van der Waals surface area contributed by atoms with E-state index < -0.39 is 6.04 Å². The van der Waals surface area contributed by atoms with Crippen molar-refractivity contribution < 1.29 is 19.1 Å². The van der Waals surface area contributed by atoms with Gasteiger partial charge in [0, 0.05) is 31.3 Å². The van der Waals surface area contributed by atoms with E-state index in [1.54, 1.807) is 19.6 Å². The molecule has 2 unspecified atom stereocenters. The summed E-state index contributed by atoms with van der Waals surface area (Å²) in [6, 6.07) is 14.9. The van der Waals surface area contributed by atoms with E-state index in [0.29, 0.717) is 26.0 Å². The molecule has 37 heavy (non-hydrogen) atoms. The highest BCUT2D eigenvalue weighted by molar-refractivity contribution is 5.89. The zero-order valence-corrected chi connectivity index (χ0v) is 21.8. The molecular formula is C29H36N4O4. The lowest BCUT2D eigenvalue weighted by Gasteiger charge is -2.49. The minimum absolute atomic E-state index is 0.0663. The lowest BCUT2D eigenvalue weighted by atomic mass is 9.89. The van der Waals surface area contributed by atoms with Crippen molar-refractivity contribution in [2.75, 3.05) is 20.3 Å². The largest absolute Gasteiger partial charge is 0.497 e. The molecule has 3 aromatic rings. The quantitative estimate of drug-likeness (QED) is 0.392. The molecule has 196 valence electrons. The summed E-state index contributed by atoms with van der Waals surface area (Å²) in [7, 11) is 1.62. The molecule has 0 radical (unpaired) electrons. The Morgan fingerprint density at radius 3 is 2.70 bits per heavy atom. The average molecular weight is 505 g/mol. The van der Waals surface area contributed by atoms with Crippen LogP contribution in [-0.4, -0.2) is 59.1 Å². The highest BCUT2D eigenvalue weighted by atomic mass is 16.5. The molecule has 8 nitrogen and oxygen atoms in total. The standard InChI is InChI=1S/C29H36N4O4/c1-4-14-37-26-18-33(28(26)22-7-5-6-20(2)15-22)29(35)25(16-21-8-11-24(36-3)12-9-21)32-27(34)13-10-23-17-30-19-31-23/h5-9,11-12,15,17,19,25-26,28H,4,10,13-14,16,18H2,1-3H3,(H,30,31)(H,32,34)/t25-,26?,28?/m1/s1. The van der Waals surface area contributed by atoms with E-state index >= 15 is 0 Å². The maximum Gasteiger partial charge on any atom is 0.246 e. The minimum Gasteiger partial charge on any atom is -0.497 e. The molecule has 1 aromatic heterocycles. The first kappa shape index (κ1) is 26.4. The number of carbonyl (C=O) groups is 2. The number of methoxy groups -OCH3 is 1. The van der Waals surface area contributed by atoms with Gasteiger partial charge in [0.15, 0.2) is 0 Å². The molecule has 1 fully saturated rings. The summed E-state index contributed by atoms with van der Waals surface area (Å²) in [5.41, 5.74) is 4.01. The van der Waals surface area contributed by atoms with Gasteiger partial charge >= 0.3 is 0 Å². The van der Waals surface area contributed by atoms with Crippen LogP contribution in [0.15, 0.2) is 61.1 Å². The van der Waals surface area contributed by atoms with Crippen LogP contribution in [0.25, 0.3) is 0 Å². The molecule has 2 aromatic carbocycles. The predicted molar refractivity (Wildman–Crippen MR) is 141 cm³/mol. The third-order valence-electron chi connectivity index (χ3n) is 6.68. The van der Waals surface area contributed by atoms with Crippen LogP contribution in [0.3, 0.4) is 0 Å². The normalized spacial score (nSPS) is 17.6. The van der Waals surface area contributed by atoms with Gasteiger partial charge in [0.05, 0.1) is 32.1 Å². The molecule has 0 aliphatic carbocycles. The summed E-state index contributed by atoms with van der Waals surface area (Å²) < 4.78 is 11.4. The van der Waals surface area contributed by atoms with Crippen LogP contribution < -0.4 is 10.1 Å². The van der Waals surface area contributed by atoms with Crippen molar-refractivity contribution in [2.24, 2.45) is 0 Å². The molecule has 1 aliphatic heterocycles. The third kappa shape index (κ3) is 6.77. The average Bonchev–Trinajstić information content (AvgIpc) is 3.41. The second kappa shape index (κ2) is 12.5. The number of amides is 2. The van der Waals surface area contributed by atoms with Crippen molar-refractivity contribution in [1.29, 1.82) is 0 Å². The number of carbonyl (C=O) groups excluding carboxylic acids is 2. The number of ether oxygens (including phenoxy) is 2. The first-order chi connectivity index (χ1) is 18.0. The maximum atomic E-state index is 13.9. The number of aromatic nitrogens is 2. The number of aryl methyl sites for hydroxylation is 2. The summed E-state index contributed by atoms with van der Waals surface area (Å²) in [6.45, 7) is 5.27. The lowest BCUT2D eigenvalue weighted by Crippen LogP contribution is -2.62. The van der Waals surface area contributed by atoms with Gasteiger partial charge in [-0.05, 0) is 43.0 Å². The smallest absolute Gasteiger partial charge is 0.246 e. The molecule has 3 atom stereocenters. The van der Waals surface area contributed by atoms with Crippen LogP contribution >= 0.6 is 0 Å². The highest BCUT2D eigenvalue weighted by Crippen LogP contribution is 2.37. The number of nitrogens with one attached hydrogen (secondary N) is 2. The van der Waals surface area contributed by atoms with E-state index in [-0.39, 0.29) is 30.4 Å². The van der Waals surface area contributed by atoms with Crippen molar-refractivity contribution in [2.45, 2.75) is 57.7 Å². The Bertz CT molecular complexity index is 1160. The van der Waals surface area contributed by atoms with Gasteiger partial charge in [0.25, 0.3) is 0 Å². The van der Waals surface area contributed by atoms with Gasteiger partial charge < -0.3 is 24.7 Å². The van der Waals surface area contributed by atoms with Crippen molar-refractivity contribution in [3.05, 3.63) is 83.4 Å². The number of H-pyrrole nitrogens is 1. The Morgan fingerprint density at radius 1 is 1.22 bits per heavy atom. The van der Waals surface area contributed by atoms with E-state index in [4.69, 9.17) is 9.47 Å². The van der Waals surface area contributed by atoms with Gasteiger partial charge in [-0.25, -0.2) is 4.98 Å². The Morgan fingerprint density at radius 2 is 2.03 bits per heavy atom. The monoisotopic (exact) mass is 504 g/mol. The van der Waals surface area contributed by atoms with Crippen molar-refractivity contribution in [3.63, 3.8) is 0 Å². The molecular weight excluding hydrogens is 468 g/mol. The number of nitrogens with zero attached hydrogens (tertiary/aromatic N) is 2. The van der Waals surface area contributed by atoms with E-state index in [2.05, 4.69) is 28.3 Å². The molecule has 4 rings (SSSR count). The second-order valence-electron chi connectivity index (χ2n) is 9.51. The maximum absolute atomic E-state index is 13.9. The van der Waals surface area contributed by atoms with Gasteiger partial charge in [0.1, 0.15) is 11.8 Å². The topological polar surface area (TPSA) is 96.6 Å². The Kier molecular flexibility index (Phi) is 8.95. The number of likely N-dealkylation sites (tertiary alicyclic amines) is 1. The summed E-state index contributed by atoms with van der Waals surface area (Å²) in [4.78, 5) is 35.7. The summed E-state index contributed by atoms with van der Waals surface area (Å²) >= 11 is 0. The number of aromatic amines is 1. The number of rotatable bonds is 12. The third-order valence-corrected chi connectivity index (χ3v) is 6.68. The van der Waals surface area contributed by atoms with E-state index in [9.17, 15) is 9.59 Å². The fraction of sp³-hybridized carbons (Fsp3) is 0.414. The highest BCUT2D eigenvalue weighted by Gasteiger charge is 2.45. The number of imidazole rings is 1. The Labute approximate surface area is 218 Å². The van der Waals surface area contributed by atoms with Gasteiger partial charge in [-0.2, -0.15) is 0 Å². The number of hydrogen-bond acceptors (Lipinski definition) is 5. The molecule has 2 N–H and O–H groups in total. The molecule has 0 bridgehead atoms. The number of hydrogen-bond donors (Lipinski definition) is 2. The summed E-state index contributed by atoms with van der Waals surface area (Å²) in [5, 5.41) is 3.01. The van der Waals surface area contributed by atoms with Gasteiger partial charge in [-0.15, -0.1) is 0 Å². The molecule has 2 heterocycles. The fourth-order valence-electron chi connectivity index (χ4n) is 4.69. The molecule has 8 heteroatoms. The van der Waals surface area contributed by atoms with Crippen LogP contribution in [0.5, 0.6) is 5.75 Å². The van der Waals surface area contributed by atoms with Crippen LogP contribution in [0, 0.1) is 6.92 Å². The second-order valence-corrected chi connectivity index (χ2v) is 9.51. The molecule has 1 aliphatic rings. The van der Waals surface area contributed by atoms with Crippen molar-refractivity contribution >= 4 is 11.8 Å². The fourth-order valence-corrected chi connectivity index (χ4v) is 4.69. The summed E-state index contributed by atoms with van der Waals surface area (Å²) in [6.07, 6.45) is 5.32. The van der Waals surface area contributed by atoms with Crippen molar-refractivity contribution in [3.8, 4) is 5.75 Å². The van der Waals surface area contributed by atoms with E-state index in [1.807, 2.05) is 54.3 Å². The van der Waals surface area contributed by atoms with E-state index in [1.165, 1.54) is 0 Å². The number of benzene rings is 2. The zero-order chi connectivity index (χ0) is 26.2. The van der Waals surface area contributed by atoms with Crippen molar-refractivity contribution in [1.82, 2.24) is 20.2 Å². The van der Waals surface area contributed by atoms with Crippen LogP contribution in [0.4, 0.5) is 0 Å². The predicted octanol–water partition coefficient (Wildman–Crippen LogP) is 3.77. The molecule has 1 saturated heterocycles. The van der Waals surface area contributed by atoms with Gasteiger partial charge in [-0.1, -0.05) is 48.9 Å². The molecule has 0 spiro atoms. The SMILES string of the molecule is CCCOC1CN(C(=O)[C@@H](Cc2ccc(OC)cc2)NC(=O)CCc2cnc[nH]2)C1c1cccc(C)c1.